The maximum Gasteiger partial charge on any atom is 0.141 e. The van der Waals surface area contributed by atoms with Crippen LogP contribution in [0, 0.1) is 5.92 Å². The van der Waals surface area contributed by atoms with Crippen LogP contribution in [0.15, 0.2) is 83.4 Å². The average Bonchev–Trinajstić information content (AvgIpc) is 2.58. The zero-order chi connectivity index (χ0) is 15.6. The lowest BCUT2D eigenvalue weighted by atomic mass is 9.77. The number of rotatable bonds is 3. The molecule has 0 aliphatic heterocycles. The van der Waals surface area contributed by atoms with Crippen LogP contribution < -0.4 is 0 Å². The van der Waals surface area contributed by atoms with E-state index in [4.69, 9.17) is 11.6 Å². The molecule has 1 N–H and O–H groups in total. The Morgan fingerprint density at radius 1 is 0.955 bits per heavy atom. The summed E-state index contributed by atoms with van der Waals surface area (Å²) >= 11 is 6.46. The molecule has 0 bridgehead atoms. The fourth-order valence-electron chi connectivity index (χ4n) is 2.96. The predicted octanol–water partition coefficient (Wildman–Crippen LogP) is 5.01. The van der Waals surface area contributed by atoms with Gasteiger partial charge in [0.05, 0.1) is 0 Å². The standard InChI is InChI=1S/C20H19ClO/c1-15-12-13-19(21)18(14-15)20(22,16-8-4-2-5-9-16)17-10-6-3-7-11-17/h2-11,13-15,22H,12H2,1H3. The van der Waals surface area contributed by atoms with Crippen LogP contribution in [-0.4, -0.2) is 5.11 Å². The molecule has 1 atom stereocenters. The van der Waals surface area contributed by atoms with Crippen molar-refractivity contribution in [3.63, 3.8) is 0 Å². The van der Waals surface area contributed by atoms with Gasteiger partial charge in [-0.05, 0) is 23.5 Å². The van der Waals surface area contributed by atoms with Crippen molar-refractivity contribution in [2.75, 3.05) is 0 Å². The Bertz CT molecular complexity index is 662. The summed E-state index contributed by atoms with van der Waals surface area (Å²) in [5.41, 5.74) is 1.19. The van der Waals surface area contributed by atoms with Gasteiger partial charge in [-0.3, -0.25) is 0 Å². The lowest BCUT2D eigenvalue weighted by Gasteiger charge is -2.34. The number of halogens is 1. The molecule has 22 heavy (non-hydrogen) atoms. The first-order chi connectivity index (χ1) is 10.6. The van der Waals surface area contributed by atoms with Gasteiger partial charge in [0, 0.05) is 10.6 Å². The molecule has 1 unspecified atom stereocenters. The lowest BCUT2D eigenvalue weighted by Crippen LogP contribution is -2.31. The zero-order valence-corrected chi connectivity index (χ0v) is 13.3. The Kier molecular flexibility index (Phi) is 4.19. The normalized spacial score (nSPS) is 18.6. The summed E-state index contributed by atoms with van der Waals surface area (Å²) in [5.74, 6) is 0.358. The molecule has 1 nitrogen and oxygen atoms in total. The van der Waals surface area contributed by atoms with Crippen LogP contribution in [-0.2, 0) is 5.60 Å². The molecule has 1 aliphatic rings. The number of aliphatic hydroxyl groups is 1. The number of hydrogen-bond acceptors (Lipinski definition) is 1. The molecule has 0 amide bonds. The lowest BCUT2D eigenvalue weighted by molar-refractivity contribution is 0.123. The molecule has 0 heterocycles. The van der Waals surface area contributed by atoms with Crippen LogP contribution in [0.5, 0.6) is 0 Å². The Hall–Kier alpha value is -1.83. The van der Waals surface area contributed by atoms with E-state index in [1.165, 1.54) is 0 Å². The summed E-state index contributed by atoms with van der Waals surface area (Å²) in [5, 5.41) is 12.3. The second kappa shape index (κ2) is 6.12. The molecule has 0 radical (unpaired) electrons. The summed E-state index contributed by atoms with van der Waals surface area (Å²) in [6, 6.07) is 19.4. The molecule has 1 aliphatic carbocycles. The van der Waals surface area contributed by atoms with Crippen LogP contribution in [0.4, 0.5) is 0 Å². The van der Waals surface area contributed by atoms with Gasteiger partial charge in [-0.25, -0.2) is 0 Å². The fourth-order valence-corrected chi connectivity index (χ4v) is 3.25. The number of allylic oxidation sites excluding steroid dienone is 2. The summed E-state index contributed by atoms with van der Waals surface area (Å²) in [7, 11) is 0. The molecule has 0 aromatic heterocycles. The summed E-state index contributed by atoms with van der Waals surface area (Å²) in [6.07, 6.45) is 4.99. The predicted molar refractivity (Wildman–Crippen MR) is 91.7 cm³/mol. The fraction of sp³-hybridized carbons (Fsp3) is 0.200. The molecule has 112 valence electrons. The maximum atomic E-state index is 11.7. The van der Waals surface area contributed by atoms with E-state index in [1.54, 1.807) is 0 Å². The third-order valence-corrected chi connectivity index (χ3v) is 4.51. The number of hydrogen-bond donors (Lipinski definition) is 1. The molecule has 2 heteroatoms. The largest absolute Gasteiger partial charge is 0.376 e. The van der Waals surface area contributed by atoms with Gasteiger partial charge in [-0.2, -0.15) is 0 Å². The van der Waals surface area contributed by atoms with E-state index >= 15 is 0 Å². The average molecular weight is 311 g/mol. The van der Waals surface area contributed by atoms with E-state index in [0.29, 0.717) is 11.0 Å². The summed E-state index contributed by atoms with van der Waals surface area (Å²) in [6.45, 7) is 2.14. The van der Waals surface area contributed by atoms with Crippen LogP contribution in [0.2, 0.25) is 0 Å². The van der Waals surface area contributed by atoms with Crippen LogP contribution >= 0.6 is 11.6 Å². The van der Waals surface area contributed by atoms with E-state index in [-0.39, 0.29) is 0 Å². The highest BCUT2D eigenvalue weighted by molar-refractivity contribution is 6.32. The molecular formula is C20H19ClO. The first-order valence-corrected chi connectivity index (χ1v) is 7.92. The highest BCUT2D eigenvalue weighted by atomic mass is 35.5. The first kappa shape index (κ1) is 15.1. The van der Waals surface area contributed by atoms with Crippen LogP contribution in [0.25, 0.3) is 0 Å². The van der Waals surface area contributed by atoms with Gasteiger partial charge >= 0.3 is 0 Å². The van der Waals surface area contributed by atoms with Gasteiger partial charge in [0.15, 0.2) is 0 Å². The van der Waals surface area contributed by atoms with Crippen molar-refractivity contribution in [1.29, 1.82) is 0 Å². The first-order valence-electron chi connectivity index (χ1n) is 7.54. The van der Waals surface area contributed by atoms with Gasteiger partial charge in [0.25, 0.3) is 0 Å². The molecule has 0 spiro atoms. The van der Waals surface area contributed by atoms with Gasteiger partial charge in [0.1, 0.15) is 5.60 Å². The van der Waals surface area contributed by atoms with Crippen molar-refractivity contribution in [2.45, 2.75) is 18.9 Å². The van der Waals surface area contributed by atoms with Gasteiger partial charge in [-0.1, -0.05) is 91.3 Å². The summed E-state index contributed by atoms with van der Waals surface area (Å²) < 4.78 is 0. The van der Waals surface area contributed by atoms with Crippen LogP contribution in [0.3, 0.4) is 0 Å². The quantitative estimate of drug-likeness (QED) is 0.844. The van der Waals surface area contributed by atoms with Crippen molar-refractivity contribution in [1.82, 2.24) is 0 Å². The van der Waals surface area contributed by atoms with E-state index in [1.807, 2.05) is 66.7 Å². The Balaban J connectivity index is 2.23. The van der Waals surface area contributed by atoms with Gasteiger partial charge in [-0.15, -0.1) is 0 Å². The number of benzene rings is 2. The molecule has 2 aromatic rings. The Morgan fingerprint density at radius 3 is 1.95 bits per heavy atom. The minimum Gasteiger partial charge on any atom is -0.376 e. The minimum absolute atomic E-state index is 0.358. The smallest absolute Gasteiger partial charge is 0.141 e. The Morgan fingerprint density at radius 2 is 1.45 bits per heavy atom. The highest BCUT2D eigenvalue weighted by Crippen LogP contribution is 2.43. The molecule has 0 saturated heterocycles. The van der Waals surface area contributed by atoms with E-state index in [9.17, 15) is 5.11 Å². The van der Waals surface area contributed by atoms with Crippen molar-refractivity contribution in [2.24, 2.45) is 5.92 Å². The van der Waals surface area contributed by atoms with Gasteiger partial charge in [0.2, 0.25) is 0 Å². The third-order valence-electron chi connectivity index (χ3n) is 4.15. The van der Waals surface area contributed by atoms with Crippen molar-refractivity contribution in [3.05, 3.63) is 94.5 Å². The maximum absolute atomic E-state index is 11.7. The molecular weight excluding hydrogens is 292 g/mol. The molecule has 3 rings (SSSR count). The SMILES string of the molecule is CC1C=C(C(O)(c2ccccc2)c2ccccc2)C(Cl)=CC1. The van der Waals surface area contributed by atoms with E-state index in [2.05, 4.69) is 13.0 Å². The summed E-state index contributed by atoms with van der Waals surface area (Å²) in [4.78, 5) is 0. The monoisotopic (exact) mass is 310 g/mol. The van der Waals surface area contributed by atoms with Crippen molar-refractivity contribution < 1.29 is 5.11 Å². The van der Waals surface area contributed by atoms with Crippen LogP contribution in [0.1, 0.15) is 24.5 Å². The second-order valence-electron chi connectivity index (χ2n) is 5.79. The van der Waals surface area contributed by atoms with Gasteiger partial charge < -0.3 is 5.11 Å². The molecule has 0 fully saturated rings. The Labute approximate surface area is 136 Å². The zero-order valence-electron chi connectivity index (χ0n) is 12.5. The third kappa shape index (κ3) is 2.63. The molecule has 0 saturated carbocycles. The highest BCUT2D eigenvalue weighted by Gasteiger charge is 2.38. The van der Waals surface area contributed by atoms with Crippen molar-refractivity contribution in [3.8, 4) is 0 Å². The minimum atomic E-state index is -1.23. The van der Waals surface area contributed by atoms with Crippen molar-refractivity contribution >= 4 is 11.6 Å². The topological polar surface area (TPSA) is 20.2 Å². The van der Waals surface area contributed by atoms with E-state index < -0.39 is 5.60 Å². The second-order valence-corrected chi connectivity index (χ2v) is 6.20. The molecule has 2 aromatic carbocycles. The van der Waals surface area contributed by atoms with E-state index in [0.717, 1.165) is 23.1 Å².